The third-order valence-electron chi connectivity index (χ3n) is 2.71. The van der Waals surface area contributed by atoms with Crippen LogP contribution in [0.2, 0.25) is 0 Å². The number of hydrogen-bond acceptors (Lipinski definition) is 5. The summed E-state index contributed by atoms with van der Waals surface area (Å²) in [5.74, 6) is 1.68. The van der Waals surface area contributed by atoms with Gasteiger partial charge in [-0.05, 0) is 30.5 Å². The highest BCUT2D eigenvalue weighted by Gasteiger charge is 2.10. The Morgan fingerprint density at radius 1 is 1.28 bits per heavy atom. The van der Waals surface area contributed by atoms with Crippen molar-refractivity contribution in [2.45, 2.75) is 33.7 Å². The zero-order valence-electron chi connectivity index (χ0n) is 10.9. The number of nitrogens with zero attached hydrogens (tertiary/aromatic N) is 2. The van der Waals surface area contributed by atoms with Crippen LogP contribution < -0.4 is 10.5 Å². The summed E-state index contributed by atoms with van der Waals surface area (Å²) < 4.78 is 10.0. The minimum Gasteiger partial charge on any atom is -0.429 e. The highest BCUT2D eigenvalue weighted by molar-refractivity contribution is 7.07. The summed E-state index contributed by atoms with van der Waals surface area (Å²) in [5.41, 5.74) is 8.91. The topological polar surface area (TPSA) is 61.0 Å². The summed E-state index contributed by atoms with van der Waals surface area (Å²) in [5, 5.41) is 0.596. The van der Waals surface area contributed by atoms with Crippen molar-refractivity contribution in [2.24, 2.45) is 5.73 Å². The molecule has 4 nitrogen and oxygen atoms in total. The van der Waals surface area contributed by atoms with E-state index in [0.717, 1.165) is 34.7 Å². The summed E-state index contributed by atoms with van der Waals surface area (Å²) in [4.78, 5) is 4.31. The lowest BCUT2D eigenvalue weighted by molar-refractivity contribution is 0.469. The minimum atomic E-state index is 0.542. The van der Waals surface area contributed by atoms with Gasteiger partial charge >= 0.3 is 0 Å². The van der Waals surface area contributed by atoms with Crippen LogP contribution in [0.1, 0.15) is 29.4 Å². The smallest absolute Gasteiger partial charge is 0.298 e. The van der Waals surface area contributed by atoms with Crippen molar-refractivity contribution in [1.82, 2.24) is 9.36 Å². The van der Waals surface area contributed by atoms with Gasteiger partial charge in [-0.15, -0.1) is 0 Å². The number of aromatic nitrogens is 2. The molecule has 2 N–H and O–H groups in total. The average Bonchev–Trinajstić information content (AvgIpc) is 2.81. The van der Waals surface area contributed by atoms with E-state index in [1.807, 2.05) is 32.9 Å². The molecule has 18 heavy (non-hydrogen) atoms. The zero-order chi connectivity index (χ0) is 13.1. The van der Waals surface area contributed by atoms with Gasteiger partial charge in [0, 0.05) is 24.5 Å². The van der Waals surface area contributed by atoms with Gasteiger partial charge in [-0.3, -0.25) is 0 Å². The fraction of sp³-hybridized carbons (Fsp3) is 0.385. The van der Waals surface area contributed by atoms with E-state index >= 15 is 0 Å². The SMILES string of the molecule is CCc1nsc(Oc2c(C)cc(CN)cc2C)n1. The van der Waals surface area contributed by atoms with Gasteiger partial charge in [0.15, 0.2) is 0 Å². The number of rotatable bonds is 4. The molecular weight excluding hydrogens is 246 g/mol. The summed E-state index contributed by atoms with van der Waals surface area (Å²) in [7, 11) is 0. The standard InChI is InChI=1S/C13H17N3OS/c1-4-11-15-13(18-16-11)17-12-8(2)5-10(7-14)6-9(12)3/h5-6H,4,7,14H2,1-3H3. The van der Waals surface area contributed by atoms with Crippen LogP contribution in [0.4, 0.5) is 0 Å². The molecule has 1 heterocycles. The fourth-order valence-electron chi connectivity index (χ4n) is 1.83. The molecule has 0 unspecified atom stereocenters. The second kappa shape index (κ2) is 5.46. The van der Waals surface area contributed by atoms with Crippen molar-refractivity contribution in [2.75, 3.05) is 0 Å². The van der Waals surface area contributed by atoms with Crippen LogP contribution in [0.3, 0.4) is 0 Å². The van der Waals surface area contributed by atoms with Gasteiger partial charge in [0.05, 0.1) is 0 Å². The molecule has 0 aliphatic rings. The lowest BCUT2D eigenvalue weighted by Crippen LogP contribution is -1.99. The molecule has 0 aliphatic carbocycles. The van der Waals surface area contributed by atoms with Crippen LogP contribution >= 0.6 is 11.5 Å². The van der Waals surface area contributed by atoms with Crippen LogP contribution in [-0.2, 0) is 13.0 Å². The van der Waals surface area contributed by atoms with Crippen LogP contribution in [0.5, 0.6) is 10.9 Å². The Morgan fingerprint density at radius 2 is 1.94 bits per heavy atom. The Labute approximate surface area is 111 Å². The number of aryl methyl sites for hydroxylation is 3. The Kier molecular flexibility index (Phi) is 3.93. The maximum Gasteiger partial charge on any atom is 0.298 e. The summed E-state index contributed by atoms with van der Waals surface area (Å²) in [6, 6.07) is 4.09. The van der Waals surface area contributed by atoms with Crippen LogP contribution in [-0.4, -0.2) is 9.36 Å². The molecule has 0 fully saturated rings. The highest BCUT2D eigenvalue weighted by atomic mass is 32.1. The van der Waals surface area contributed by atoms with Crippen molar-refractivity contribution in [1.29, 1.82) is 0 Å². The van der Waals surface area contributed by atoms with E-state index in [-0.39, 0.29) is 0 Å². The van der Waals surface area contributed by atoms with Crippen LogP contribution in [0.25, 0.3) is 0 Å². The fourth-order valence-corrected chi connectivity index (χ4v) is 2.45. The number of hydrogen-bond donors (Lipinski definition) is 1. The van der Waals surface area contributed by atoms with Gasteiger partial charge in [0.1, 0.15) is 11.6 Å². The lowest BCUT2D eigenvalue weighted by atomic mass is 10.1. The Hall–Kier alpha value is -1.46. The van der Waals surface area contributed by atoms with Gasteiger partial charge in [-0.2, -0.15) is 9.36 Å². The molecule has 2 rings (SSSR count). The van der Waals surface area contributed by atoms with Crippen molar-refractivity contribution < 1.29 is 4.74 Å². The first-order valence-electron chi connectivity index (χ1n) is 5.94. The van der Waals surface area contributed by atoms with Crippen molar-refractivity contribution in [3.8, 4) is 10.9 Å². The van der Waals surface area contributed by atoms with Crippen LogP contribution in [0, 0.1) is 13.8 Å². The maximum absolute atomic E-state index is 5.83. The summed E-state index contributed by atoms with van der Waals surface area (Å²) in [6.07, 6.45) is 0.823. The molecule has 0 saturated carbocycles. The number of benzene rings is 1. The molecule has 2 aromatic rings. The molecule has 0 amide bonds. The average molecular weight is 263 g/mol. The molecule has 0 spiro atoms. The molecule has 0 radical (unpaired) electrons. The predicted octanol–water partition coefficient (Wildman–Crippen LogP) is 2.97. The first-order valence-corrected chi connectivity index (χ1v) is 6.72. The molecule has 1 aromatic heterocycles. The lowest BCUT2D eigenvalue weighted by Gasteiger charge is -2.10. The predicted molar refractivity (Wildman–Crippen MR) is 73.2 cm³/mol. The normalized spacial score (nSPS) is 10.7. The first kappa shape index (κ1) is 13.0. The van der Waals surface area contributed by atoms with E-state index in [4.69, 9.17) is 10.5 Å². The Balaban J connectivity index is 2.28. The Bertz CT molecular complexity index is 528. The molecular formula is C13H17N3OS. The largest absolute Gasteiger partial charge is 0.429 e. The van der Waals surface area contributed by atoms with Crippen molar-refractivity contribution >= 4 is 11.5 Å². The minimum absolute atomic E-state index is 0.542. The van der Waals surface area contributed by atoms with Crippen molar-refractivity contribution in [3.05, 3.63) is 34.6 Å². The molecule has 0 saturated heterocycles. The second-order valence-corrected chi connectivity index (χ2v) is 4.91. The second-order valence-electron chi connectivity index (χ2n) is 4.19. The van der Waals surface area contributed by atoms with E-state index in [2.05, 4.69) is 9.36 Å². The van der Waals surface area contributed by atoms with Gasteiger partial charge in [-0.25, -0.2) is 0 Å². The number of nitrogens with two attached hydrogens (primary N) is 1. The van der Waals surface area contributed by atoms with E-state index in [0.29, 0.717) is 11.7 Å². The molecule has 0 aliphatic heterocycles. The zero-order valence-corrected chi connectivity index (χ0v) is 11.7. The third kappa shape index (κ3) is 2.68. The number of ether oxygens (including phenoxy) is 1. The van der Waals surface area contributed by atoms with Gasteiger partial charge in [0.2, 0.25) is 0 Å². The van der Waals surface area contributed by atoms with E-state index in [1.165, 1.54) is 11.5 Å². The molecule has 5 heteroatoms. The monoisotopic (exact) mass is 263 g/mol. The van der Waals surface area contributed by atoms with E-state index in [1.54, 1.807) is 0 Å². The molecule has 0 bridgehead atoms. The van der Waals surface area contributed by atoms with Gasteiger partial charge < -0.3 is 10.5 Å². The van der Waals surface area contributed by atoms with Gasteiger partial charge in [0.25, 0.3) is 5.19 Å². The van der Waals surface area contributed by atoms with Crippen molar-refractivity contribution in [3.63, 3.8) is 0 Å². The first-order chi connectivity index (χ1) is 8.63. The Morgan fingerprint density at radius 3 is 2.44 bits per heavy atom. The molecule has 1 aromatic carbocycles. The maximum atomic E-state index is 5.83. The quantitative estimate of drug-likeness (QED) is 0.921. The van der Waals surface area contributed by atoms with E-state index < -0.39 is 0 Å². The van der Waals surface area contributed by atoms with Gasteiger partial charge in [-0.1, -0.05) is 19.1 Å². The molecule has 96 valence electrons. The summed E-state index contributed by atoms with van der Waals surface area (Å²) in [6.45, 7) is 6.60. The summed E-state index contributed by atoms with van der Waals surface area (Å²) >= 11 is 1.29. The highest BCUT2D eigenvalue weighted by Crippen LogP contribution is 2.30. The third-order valence-corrected chi connectivity index (χ3v) is 3.34. The van der Waals surface area contributed by atoms with E-state index in [9.17, 15) is 0 Å². The van der Waals surface area contributed by atoms with Crippen LogP contribution in [0.15, 0.2) is 12.1 Å². The molecule has 0 atom stereocenters.